The Labute approximate surface area is 114 Å². The molecule has 20 heavy (non-hydrogen) atoms. The predicted molar refractivity (Wildman–Crippen MR) is 74.6 cm³/mol. The van der Waals surface area contributed by atoms with Crippen LogP contribution in [-0.2, 0) is 7.05 Å². The Bertz CT molecular complexity index is 806. The molecule has 0 aliphatic rings. The summed E-state index contributed by atoms with van der Waals surface area (Å²) in [7, 11) is 1.86. The smallest absolute Gasteiger partial charge is 0.267 e. The Morgan fingerprint density at radius 3 is 2.70 bits per heavy atom. The van der Waals surface area contributed by atoms with Crippen molar-refractivity contribution in [1.29, 1.82) is 0 Å². The van der Waals surface area contributed by atoms with E-state index in [0.717, 1.165) is 22.2 Å². The number of halogens is 1. The first kappa shape index (κ1) is 12.3. The van der Waals surface area contributed by atoms with Crippen molar-refractivity contribution in [2.75, 3.05) is 0 Å². The molecule has 5 heteroatoms. The second-order valence-corrected chi connectivity index (χ2v) is 4.59. The summed E-state index contributed by atoms with van der Waals surface area (Å²) in [5.74, 6) is -0.830. The molecule has 3 rings (SSSR count). The summed E-state index contributed by atoms with van der Waals surface area (Å²) in [6.07, 6.45) is 1.59. The summed E-state index contributed by atoms with van der Waals surface area (Å²) >= 11 is 0. The van der Waals surface area contributed by atoms with Crippen LogP contribution < -0.4 is 5.73 Å². The van der Waals surface area contributed by atoms with Gasteiger partial charge in [0, 0.05) is 24.2 Å². The van der Waals surface area contributed by atoms with Gasteiger partial charge in [-0.05, 0) is 36.4 Å². The van der Waals surface area contributed by atoms with E-state index in [2.05, 4.69) is 4.98 Å². The standard InChI is InChI=1S/C15H12FN3O/c1-19-13(6-9-2-4-11(16)7-14(9)19)10-3-5-12(15(17)20)18-8-10/h2-8H,1H3,(H2,17,20). The maximum atomic E-state index is 13.3. The molecule has 100 valence electrons. The molecular formula is C15H12FN3O. The molecule has 0 fully saturated rings. The lowest BCUT2D eigenvalue weighted by Crippen LogP contribution is -2.12. The van der Waals surface area contributed by atoms with Crippen LogP contribution in [0.1, 0.15) is 10.5 Å². The van der Waals surface area contributed by atoms with Crippen molar-refractivity contribution >= 4 is 16.8 Å². The number of primary amides is 1. The molecule has 3 aromatic rings. The minimum Gasteiger partial charge on any atom is -0.364 e. The van der Waals surface area contributed by atoms with Crippen LogP contribution in [0.25, 0.3) is 22.2 Å². The van der Waals surface area contributed by atoms with Crippen LogP contribution in [0.5, 0.6) is 0 Å². The SMILES string of the molecule is Cn1c(-c2ccc(C(N)=O)nc2)cc2ccc(F)cc21. The quantitative estimate of drug-likeness (QED) is 0.777. The Balaban J connectivity index is 2.14. The van der Waals surface area contributed by atoms with E-state index in [1.165, 1.54) is 12.1 Å². The van der Waals surface area contributed by atoms with Gasteiger partial charge in [0.05, 0.1) is 11.2 Å². The van der Waals surface area contributed by atoms with Crippen LogP contribution in [0.2, 0.25) is 0 Å². The highest BCUT2D eigenvalue weighted by Crippen LogP contribution is 2.27. The first-order valence-corrected chi connectivity index (χ1v) is 6.07. The molecular weight excluding hydrogens is 257 g/mol. The number of rotatable bonds is 2. The van der Waals surface area contributed by atoms with Crippen LogP contribution in [0.15, 0.2) is 42.6 Å². The number of aromatic nitrogens is 2. The number of hydrogen-bond donors (Lipinski definition) is 1. The van der Waals surface area contributed by atoms with E-state index >= 15 is 0 Å². The van der Waals surface area contributed by atoms with Crippen LogP contribution in [0.3, 0.4) is 0 Å². The Hall–Kier alpha value is -2.69. The van der Waals surface area contributed by atoms with Gasteiger partial charge < -0.3 is 10.3 Å². The number of nitrogens with two attached hydrogens (primary N) is 1. The number of pyridine rings is 1. The van der Waals surface area contributed by atoms with Crippen molar-refractivity contribution in [3.05, 3.63) is 54.1 Å². The zero-order valence-corrected chi connectivity index (χ0v) is 10.8. The summed E-state index contributed by atoms with van der Waals surface area (Å²) in [6, 6.07) is 9.97. The molecule has 0 aliphatic carbocycles. The number of fused-ring (bicyclic) bond motifs is 1. The molecule has 0 saturated carbocycles. The second kappa shape index (κ2) is 4.45. The van der Waals surface area contributed by atoms with Crippen LogP contribution in [-0.4, -0.2) is 15.5 Å². The van der Waals surface area contributed by atoms with E-state index in [1.807, 2.05) is 17.7 Å². The molecule has 0 atom stereocenters. The van der Waals surface area contributed by atoms with Gasteiger partial charge in [0.2, 0.25) is 0 Å². The fourth-order valence-electron chi connectivity index (χ4n) is 2.27. The first-order chi connectivity index (χ1) is 9.56. The normalized spacial score (nSPS) is 10.9. The lowest BCUT2D eigenvalue weighted by atomic mass is 10.2. The monoisotopic (exact) mass is 269 g/mol. The number of nitrogens with zero attached hydrogens (tertiary/aromatic N) is 2. The van der Waals surface area contributed by atoms with Crippen molar-refractivity contribution in [1.82, 2.24) is 9.55 Å². The van der Waals surface area contributed by atoms with Gasteiger partial charge >= 0.3 is 0 Å². The molecule has 0 saturated heterocycles. The van der Waals surface area contributed by atoms with Gasteiger partial charge in [0.15, 0.2) is 0 Å². The predicted octanol–water partition coefficient (Wildman–Crippen LogP) is 2.48. The van der Waals surface area contributed by atoms with Gasteiger partial charge in [-0.15, -0.1) is 0 Å². The average Bonchev–Trinajstić information content (AvgIpc) is 2.76. The molecule has 0 radical (unpaired) electrons. The fourth-order valence-corrected chi connectivity index (χ4v) is 2.27. The summed E-state index contributed by atoms with van der Waals surface area (Å²) in [6.45, 7) is 0. The summed E-state index contributed by atoms with van der Waals surface area (Å²) in [4.78, 5) is 15.0. The van der Waals surface area contributed by atoms with Gasteiger partial charge in [-0.2, -0.15) is 0 Å². The molecule has 2 aromatic heterocycles. The number of benzene rings is 1. The lowest BCUT2D eigenvalue weighted by molar-refractivity contribution is 0.0995. The van der Waals surface area contributed by atoms with E-state index < -0.39 is 5.91 Å². The number of carbonyl (C=O) groups is 1. The zero-order chi connectivity index (χ0) is 14.3. The Kier molecular flexibility index (Phi) is 2.75. The third kappa shape index (κ3) is 1.93. The van der Waals surface area contributed by atoms with E-state index in [-0.39, 0.29) is 11.5 Å². The van der Waals surface area contributed by atoms with E-state index in [4.69, 9.17) is 5.73 Å². The maximum absolute atomic E-state index is 13.3. The minimum absolute atomic E-state index is 0.221. The van der Waals surface area contributed by atoms with Crippen LogP contribution in [0, 0.1) is 5.82 Å². The molecule has 0 bridgehead atoms. The van der Waals surface area contributed by atoms with Gasteiger partial charge in [0.25, 0.3) is 5.91 Å². The zero-order valence-electron chi connectivity index (χ0n) is 10.8. The number of amides is 1. The van der Waals surface area contributed by atoms with E-state index in [1.54, 1.807) is 24.4 Å². The summed E-state index contributed by atoms with van der Waals surface area (Å²) in [5.41, 5.74) is 7.93. The van der Waals surface area contributed by atoms with Gasteiger partial charge in [-0.25, -0.2) is 4.39 Å². The van der Waals surface area contributed by atoms with Gasteiger partial charge in [0.1, 0.15) is 11.5 Å². The molecule has 0 spiro atoms. The topological polar surface area (TPSA) is 60.9 Å². The van der Waals surface area contributed by atoms with Crippen molar-refractivity contribution in [3.8, 4) is 11.3 Å². The highest BCUT2D eigenvalue weighted by atomic mass is 19.1. The Morgan fingerprint density at radius 2 is 2.05 bits per heavy atom. The second-order valence-electron chi connectivity index (χ2n) is 4.59. The number of carbonyl (C=O) groups excluding carboxylic acids is 1. The summed E-state index contributed by atoms with van der Waals surface area (Å²) < 4.78 is 15.2. The highest BCUT2D eigenvalue weighted by molar-refractivity contribution is 5.91. The van der Waals surface area contributed by atoms with Crippen molar-refractivity contribution in [2.45, 2.75) is 0 Å². The third-order valence-corrected chi connectivity index (χ3v) is 3.32. The molecule has 1 amide bonds. The molecule has 1 aromatic carbocycles. The van der Waals surface area contributed by atoms with Crippen LogP contribution >= 0.6 is 0 Å². The largest absolute Gasteiger partial charge is 0.364 e. The third-order valence-electron chi connectivity index (χ3n) is 3.32. The highest BCUT2D eigenvalue weighted by Gasteiger charge is 2.10. The fraction of sp³-hybridized carbons (Fsp3) is 0.0667. The van der Waals surface area contributed by atoms with Crippen molar-refractivity contribution in [3.63, 3.8) is 0 Å². The van der Waals surface area contributed by atoms with Gasteiger partial charge in [-0.3, -0.25) is 9.78 Å². The van der Waals surface area contributed by atoms with Crippen molar-refractivity contribution < 1.29 is 9.18 Å². The number of aryl methyl sites for hydroxylation is 1. The molecule has 4 nitrogen and oxygen atoms in total. The minimum atomic E-state index is -0.560. The van der Waals surface area contributed by atoms with E-state index in [9.17, 15) is 9.18 Å². The molecule has 2 N–H and O–H groups in total. The van der Waals surface area contributed by atoms with E-state index in [0.29, 0.717) is 0 Å². The molecule has 0 aliphatic heterocycles. The lowest BCUT2D eigenvalue weighted by Gasteiger charge is -2.04. The first-order valence-electron chi connectivity index (χ1n) is 6.07. The molecule has 2 heterocycles. The number of hydrogen-bond acceptors (Lipinski definition) is 2. The van der Waals surface area contributed by atoms with Gasteiger partial charge in [-0.1, -0.05) is 0 Å². The summed E-state index contributed by atoms with van der Waals surface area (Å²) in [5, 5.41) is 0.947. The van der Waals surface area contributed by atoms with Crippen LogP contribution in [0.4, 0.5) is 4.39 Å². The maximum Gasteiger partial charge on any atom is 0.267 e. The Morgan fingerprint density at radius 1 is 1.25 bits per heavy atom. The average molecular weight is 269 g/mol. The van der Waals surface area contributed by atoms with Crippen molar-refractivity contribution in [2.24, 2.45) is 12.8 Å². The molecule has 0 unspecified atom stereocenters.